The summed E-state index contributed by atoms with van der Waals surface area (Å²) < 4.78 is 19.6. The van der Waals surface area contributed by atoms with Crippen molar-refractivity contribution in [3.8, 4) is 11.3 Å². The molecule has 144 valence electrons. The van der Waals surface area contributed by atoms with Gasteiger partial charge in [0.15, 0.2) is 0 Å². The fourth-order valence-corrected chi connectivity index (χ4v) is 4.03. The molecule has 28 heavy (non-hydrogen) atoms. The number of furan rings is 1. The molecule has 1 aliphatic heterocycles. The molecular weight excluding hydrogens is 355 g/mol. The summed E-state index contributed by atoms with van der Waals surface area (Å²) in [5.74, 6) is 0.0932. The quantitative estimate of drug-likeness (QED) is 0.705. The van der Waals surface area contributed by atoms with Gasteiger partial charge < -0.3 is 14.6 Å². The molecular formula is C23H23FN2O2. The summed E-state index contributed by atoms with van der Waals surface area (Å²) in [6.07, 6.45) is 5.33. The highest BCUT2D eigenvalue weighted by Gasteiger charge is 2.29. The molecule has 5 heteroatoms. The zero-order valence-corrected chi connectivity index (χ0v) is 15.9. The van der Waals surface area contributed by atoms with Crippen molar-refractivity contribution in [1.82, 2.24) is 5.32 Å². The summed E-state index contributed by atoms with van der Waals surface area (Å²) in [7, 11) is 2.10. The van der Waals surface area contributed by atoms with Crippen molar-refractivity contribution in [3.63, 3.8) is 0 Å². The molecule has 1 amide bonds. The van der Waals surface area contributed by atoms with Crippen LogP contribution >= 0.6 is 0 Å². The Kier molecular flexibility index (Phi) is 4.11. The van der Waals surface area contributed by atoms with Gasteiger partial charge >= 0.3 is 0 Å². The van der Waals surface area contributed by atoms with E-state index in [1.165, 1.54) is 23.4 Å². The summed E-state index contributed by atoms with van der Waals surface area (Å²) in [5, 5.41) is 3.93. The van der Waals surface area contributed by atoms with Crippen molar-refractivity contribution in [2.75, 3.05) is 18.5 Å². The Balaban J connectivity index is 1.70. The third kappa shape index (κ3) is 3.05. The van der Waals surface area contributed by atoms with Gasteiger partial charge in [-0.25, -0.2) is 4.39 Å². The first kappa shape index (κ1) is 17.3. The lowest BCUT2D eigenvalue weighted by molar-refractivity contribution is 0.0952. The third-order valence-corrected chi connectivity index (χ3v) is 5.74. The number of benzene rings is 2. The molecule has 2 aliphatic rings. The van der Waals surface area contributed by atoms with Gasteiger partial charge in [0.05, 0.1) is 5.56 Å². The summed E-state index contributed by atoms with van der Waals surface area (Å²) in [5.41, 5.74) is 4.39. The highest BCUT2D eigenvalue weighted by molar-refractivity contribution is 6.12. The number of rotatable bonds is 3. The van der Waals surface area contributed by atoms with Crippen LogP contribution in [0.5, 0.6) is 0 Å². The minimum atomic E-state index is -0.308. The largest absolute Gasteiger partial charge is 0.455 e. The second-order valence-electron chi connectivity index (χ2n) is 7.92. The normalized spacial score (nSPS) is 16.7. The van der Waals surface area contributed by atoms with E-state index in [-0.39, 0.29) is 17.8 Å². The van der Waals surface area contributed by atoms with Gasteiger partial charge in [-0.05, 0) is 68.0 Å². The van der Waals surface area contributed by atoms with Gasteiger partial charge in [-0.2, -0.15) is 0 Å². The lowest BCUT2D eigenvalue weighted by Gasteiger charge is -2.19. The highest BCUT2D eigenvalue weighted by atomic mass is 19.1. The number of nitrogens with zero attached hydrogens (tertiary/aromatic N) is 1. The van der Waals surface area contributed by atoms with E-state index in [4.69, 9.17) is 4.42 Å². The smallest absolute Gasteiger partial charge is 0.256 e. The standard InChI is InChI=1S/C23H23FN2O2/c1-26-11-3-2-4-15-12-18-20(13-19(15)26)28-22(14-5-7-16(24)8-6-14)21(18)23(27)25-17-9-10-17/h5-8,12-13,17H,2-4,9-11H2,1H3,(H,25,27). The number of hydrogen-bond donors (Lipinski definition) is 1. The van der Waals surface area contributed by atoms with Crippen LogP contribution in [0.25, 0.3) is 22.3 Å². The van der Waals surface area contributed by atoms with Crippen LogP contribution in [0.4, 0.5) is 10.1 Å². The molecule has 0 atom stereocenters. The molecule has 1 fully saturated rings. The van der Waals surface area contributed by atoms with Crippen molar-refractivity contribution in [1.29, 1.82) is 0 Å². The van der Waals surface area contributed by atoms with Gasteiger partial charge in [0.1, 0.15) is 17.2 Å². The van der Waals surface area contributed by atoms with Gasteiger partial charge in [-0.1, -0.05) is 0 Å². The second-order valence-corrected chi connectivity index (χ2v) is 7.92. The molecule has 2 heterocycles. The Bertz CT molecular complexity index is 1050. The van der Waals surface area contributed by atoms with Gasteiger partial charge in [-0.15, -0.1) is 0 Å². The zero-order valence-electron chi connectivity index (χ0n) is 15.9. The average molecular weight is 378 g/mol. The Hall–Kier alpha value is -2.82. The molecule has 0 bridgehead atoms. The molecule has 5 rings (SSSR count). The lowest BCUT2D eigenvalue weighted by atomic mass is 10.0. The maximum Gasteiger partial charge on any atom is 0.256 e. The van der Waals surface area contributed by atoms with Crippen molar-refractivity contribution in [2.24, 2.45) is 0 Å². The van der Waals surface area contributed by atoms with Gasteiger partial charge in [0.2, 0.25) is 0 Å². The topological polar surface area (TPSA) is 45.5 Å². The zero-order chi connectivity index (χ0) is 19.3. The molecule has 1 aliphatic carbocycles. The predicted molar refractivity (Wildman–Crippen MR) is 108 cm³/mol. The number of aryl methyl sites for hydroxylation is 1. The first-order chi connectivity index (χ1) is 13.6. The maximum absolute atomic E-state index is 13.4. The van der Waals surface area contributed by atoms with Crippen molar-refractivity contribution >= 4 is 22.6 Å². The van der Waals surface area contributed by atoms with Gasteiger partial charge in [0, 0.05) is 42.3 Å². The number of nitrogens with one attached hydrogen (secondary N) is 1. The first-order valence-corrected chi connectivity index (χ1v) is 9.97. The van der Waals surface area contributed by atoms with Crippen LogP contribution in [-0.2, 0) is 6.42 Å². The number of anilines is 1. The summed E-state index contributed by atoms with van der Waals surface area (Å²) in [6, 6.07) is 10.5. The second kappa shape index (κ2) is 6.66. The van der Waals surface area contributed by atoms with Gasteiger partial charge in [0.25, 0.3) is 5.91 Å². The minimum absolute atomic E-state index is 0.109. The molecule has 0 saturated heterocycles. The highest BCUT2D eigenvalue weighted by Crippen LogP contribution is 2.39. The van der Waals surface area contributed by atoms with Crippen molar-refractivity contribution < 1.29 is 13.6 Å². The van der Waals surface area contributed by atoms with E-state index in [0.717, 1.165) is 44.0 Å². The molecule has 0 radical (unpaired) electrons. The molecule has 0 unspecified atom stereocenters. The van der Waals surface area contributed by atoms with E-state index < -0.39 is 0 Å². The fourth-order valence-electron chi connectivity index (χ4n) is 4.03. The molecule has 1 N–H and O–H groups in total. The van der Waals surface area contributed by atoms with Crippen LogP contribution < -0.4 is 10.2 Å². The van der Waals surface area contributed by atoms with Gasteiger partial charge in [-0.3, -0.25) is 4.79 Å². The fraction of sp³-hybridized carbons (Fsp3) is 0.348. The van der Waals surface area contributed by atoms with E-state index in [2.05, 4.69) is 29.4 Å². The molecule has 2 aromatic carbocycles. The van der Waals surface area contributed by atoms with E-state index in [1.807, 2.05) is 0 Å². The third-order valence-electron chi connectivity index (χ3n) is 5.74. The Morgan fingerprint density at radius 1 is 1.18 bits per heavy atom. The number of hydrogen-bond acceptors (Lipinski definition) is 3. The van der Waals surface area contributed by atoms with Crippen LogP contribution in [0, 0.1) is 5.82 Å². The van der Waals surface area contributed by atoms with E-state index >= 15 is 0 Å². The monoisotopic (exact) mass is 378 g/mol. The van der Waals surface area contributed by atoms with Crippen molar-refractivity contribution in [3.05, 3.63) is 53.3 Å². The van der Waals surface area contributed by atoms with Crippen molar-refractivity contribution in [2.45, 2.75) is 38.1 Å². The summed E-state index contributed by atoms with van der Waals surface area (Å²) >= 11 is 0. The Morgan fingerprint density at radius 3 is 2.71 bits per heavy atom. The van der Waals surface area contributed by atoms with E-state index in [1.54, 1.807) is 12.1 Å². The Labute approximate surface area is 163 Å². The Morgan fingerprint density at radius 2 is 1.96 bits per heavy atom. The average Bonchev–Trinajstić information content (AvgIpc) is 3.44. The number of carbonyl (C=O) groups excluding carboxylic acids is 1. The number of fused-ring (bicyclic) bond motifs is 2. The van der Waals surface area contributed by atoms with Crippen LogP contribution in [-0.4, -0.2) is 25.5 Å². The number of amides is 1. The first-order valence-electron chi connectivity index (χ1n) is 9.97. The number of carbonyl (C=O) groups is 1. The van der Waals surface area contributed by atoms with Crippen LogP contribution in [0.2, 0.25) is 0 Å². The lowest BCUT2D eigenvalue weighted by Crippen LogP contribution is -2.25. The molecule has 3 aromatic rings. The SMILES string of the molecule is CN1CCCCc2cc3c(C(=O)NC4CC4)c(-c4ccc(F)cc4)oc3cc21. The van der Waals surface area contributed by atoms with E-state index in [0.29, 0.717) is 22.5 Å². The maximum atomic E-state index is 13.4. The number of halogens is 1. The molecule has 1 aromatic heterocycles. The van der Waals surface area contributed by atoms with Crippen LogP contribution in [0.1, 0.15) is 41.6 Å². The summed E-state index contributed by atoms with van der Waals surface area (Å²) in [4.78, 5) is 15.3. The predicted octanol–water partition coefficient (Wildman–Crippen LogP) is 4.90. The van der Waals surface area contributed by atoms with Crippen LogP contribution in [0.15, 0.2) is 40.8 Å². The molecule has 0 spiro atoms. The minimum Gasteiger partial charge on any atom is -0.455 e. The summed E-state index contributed by atoms with van der Waals surface area (Å²) in [6.45, 7) is 1.01. The van der Waals surface area contributed by atoms with E-state index in [9.17, 15) is 9.18 Å². The molecule has 4 nitrogen and oxygen atoms in total. The molecule has 1 saturated carbocycles. The van der Waals surface area contributed by atoms with Crippen LogP contribution in [0.3, 0.4) is 0 Å².